The molecule has 2 unspecified atom stereocenters. The molecule has 1 fully saturated rings. The second-order valence-electron chi connectivity index (χ2n) is 5.11. The molecule has 0 bridgehead atoms. The van der Waals surface area contributed by atoms with E-state index in [2.05, 4.69) is 17.6 Å². The highest BCUT2D eigenvalue weighted by molar-refractivity contribution is 5.81. The fraction of sp³-hybridized carbons (Fsp3) is 0.917. The average Bonchev–Trinajstić information content (AvgIpc) is 2.95. The number of nitrogens with one attached hydrogen (secondary N) is 2. The molecule has 88 valence electrons. The fourth-order valence-corrected chi connectivity index (χ4v) is 1.70. The van der Waals surface area contributed by atoms with E-state index in [4.69, 9.17) is 0 Å². The topological polar surface area (TPSA) is 41.1 Å². The smallest absolute Gasteiger partial charge is 0.237 e. The van der Waals surface area contributed by atoms with Crippen molar-refractivity contribution in [2.24, 2.45) is 11.8 Å². The van der Waals surface area contributed by atoms with Gasteiger partial charge in [-0.15, -0.1) is 0 Å². The molecule has 0 radical (unpaired) electrons. The third kappa shape index (κ3) is 4.65. The summed E-state index contributed by atoms with van der Waals surface area (Å²) in [5.41, 5.74) is 0. The van der Waals surface area contributed by atoms with E-state index >= 15 is 0 Å². The fourth-order valence-electron chi connectivity index (χ4n) is 1.70. The summed E-state index contributed by atoms with van der Waals surface area (Å²) >= 11 is 0. The van der Waals surface area contributed by atoms with Crippen LogP contribution in [-0.2, 0) is 4.79 Å². The van der Waals surface area contributed by atoms with E-state index in [0.717, 1.165) is 12.5 Å². The Morgan fingerprint density at radius 1 is 1.27 bits per heavy atom. The summed E-state index contributed by atoms with van der Waals surface area (Å²) in [6.45, 7) is 9.11. The molecule has 2 atom stereocenters. The monoisotopic (exact) mass is 212 g/mol. The largest absolute Gasteiger partial charge is 0.353 e. The van der Waals surface area contributed by atoms with Gasteiger partial charge in [-0.05, 0) is 52.0 Å². The maximum absolute atomic E-state index is 11.6. The SMILES string of the molecule is CC(C)NC(=O)C(C)NCC(C)C1CC1. The molecule has 2 N–H and O–H groups in total. The number of carbonyl (C=O) groups is 1. The summed E-state index contributed by atoms with van der Waals surface area (Å²) in [4.78, 5) is 11.6. The van der Waals surface area contributed by atoms with E-state index in [-0.39, 0.29) is 18.0 Å². The third-order valence-corrected chi connectivity index (χ3v) is 3.00. The zero-order chi connectivity index (χ0) is 11.4. The number of carbonyl (C=O) groups excluding carboxylic acids is 1. The van der Waals surface area contributed by atoms with Crippen LogP contribution in [0.15, 0.2) is 0 Å². The van der Waals surface area contributed by atoms with Crippen molar-refractivity contribution in [3.05, 3.63) is 0 Å². The standard InChI is InChI=1S/C12H24N2O/c1-8(2)14-12(15)10(4)13-7-9(3)11-5-6-11/h8-11,13H,5-7H2,1-4H3,(H,14,15). The molecule has 1 aliphatic carbocycles. The predicted octanol–water partition coefficient (Wildman–Crippen LogP) is 1.54. The molecule has 0 aliphatic heterocycles. The highest BCUT2D eigenvalue weighted by atomic mass is 16.2. The molecule has 0 aromatic carbocycles. The van der Waals surface area contributed by atoms with Crippen molar-refractivity contribution in [3.8, 4) is 0 Å². The van der Waals surface area contributed by atoms with Gasteiger partial charge in [0.25, 0.3) is 0 Å². The lowest BCUT2D eigenvalue weighted by atomic mass is 10.1. The van der Waals surface area contributed by atoms with Crippen LogP contribution in [0.1, 0.15) is 40.5 Å². The van der Waals surface area contributed by atoms with Crippen LogP contribution in [0, 0.1) is 11.8 Å². The number of rotatable bonds is 6. The summed E-state index contributed by atoms with van der Waals surface area (Å²) in [6, 6.07) is 0.149. The van der Waals surface area contributed by atoms with Gasteiger partial charge < -0.3 is 10.6 Å². The average molecular weight is 212 g/mol. The third-order valence-electron chi connectivity index (χ3n) is 3.00. The minimum absolute atomic E-state index is 0.0754. The van der Waals surface area contributed by atoms with Gasteiger partial charge >= 0.3 is 0 Å². The summed E-state index contributed by atoms with van der Waals surface area (Å²) in [5.74, 6) is 1.71. The summed E-state index contributed by atoms with van der Waals surface area (Å²) < 4.78 is 0. The zero-order valence-corrected chi connectivity index (χ0v) is 10.3. The van der Waals surface area contributed by atoms with E-state index in [1.165, 1.54) is 12.8 Å². The first-order valence-electron chi connectivity index (χ1n) is 6.04. The van der Waals surface area contributed by atoms with Crippen molar-refractivity contribution in [2.45, 2.75) is 52.6 Å². The molecule has 0 aromatic rings. The van der Waals surface area contributed by atoms with Crippen molar-refractivity contribution in [1.29, 1.82) is 0 Å². The van der Waals surface area contributed by atoms with Gasteiger partial charge in [0, 0.05) is 6.04 Å². The molecule has 1 aliphatic rings. The summed E-state index contributed by atoms with van der Waals surface area (Å²) in [7, 11) is 0. The number of amides is 1. The molecule has 3 nitrogen and oxygen atoms in total. The van der Waals surface area contributed by atoms with Gasteiger partial charge in [0.1, 0.15) is 0 Å². The van der Waals surface area contributed by atoms with E-state index < -0.39 is 0 Å². The lowest BCUT2D eigenvalue weighted by molar-refractivity contribution is -0.123. The molecule has 15 heavy (non-hydrogen) atoms. The Morgan fingerprint density at radius 3 is 2.33 bits per heavy atom. The van der Waals surface area contributed by atoms with Gasteiger partial charge in [-0.1, -0.05) is 6.92 Å². The molecule has 1 saturated carbocycles. The highest BCUT2D eigenvalue weighted by Crippen LogP contribution is 2.36. The van der Waals surface area contributed by atoms with E-state index in [9.17, 15) is 4.79 Å². The maximum Gasteiger partial charge on any atom is 0.237 e. The van der Waals surface area contributed by atoms with Crippen molar-refractivity contribution in [1.82, 2.24) is 10.6 Å². The first-order valence-corrected chi connectivity index (χ1v) is 6.04. The number of hydrogen-bond acceptors (Lipinski definition) is 2. The number of hydrogen-bond donors (Lipinski definition) is 2. The van der Waals surface area contributed by atoms with Crippen LogP contribution in [0.5, 0.6) is 0 Å². The van der Waals surface area contributed by atoms with Crippen molar-refractivity contribution >= 4 is 5.91 Å². The van der Waals surface area contributed by atoms with Crippen LogP contribution in [0.25, 0.3) is 0 Å². The van der Waals surface area contributed by atoms with Gasteiger partial charge in [-0.25, -0.2) is 0 Å². The Morgan fingerprint density at radius 2 is 1.87 bits per heavy atom. The van der Waals surface area contributed by atoms with Gasteiger partial charge in [0.15, 0.2) is 0 Å². The van der Waals surface area contributed by atoms with Crippen molar-refractivity contribution in [2.75, 3.05) is 6.54 Å². The maximum atomic E-state index is 11.6. The first kappa shape index (κ1) is 12.5. The van der Waals surface area contributed by atoms with Gasteiger partial charge in [0.2, 0.25) is 5.91 Å². The molecule has 0 aromatic heterocycles. The molecular weight excluding hydrogens is 188 g/mol. The molecule has 0 heterocycles. The van der Waals surface area contributed by atoms with Crippen LogP contribution < -0.4 is 10.6 Å². The molecular formula is C12H24N2O. The highest BCUT2D eigenvalue weighted by Gasteiger charge is 2.28. The molecule has 1 rings (SSSR count). The van der Waals surface area contributed by atoms with Crippen LogP contribution in [0.2, 0.25) is 0 Å². The van der Waals surface area contributed by atoms with Crippen LogP contribution in [0.3, 0.4) is 0 Å². The normalized spacial score (nSPS) is 20.1. The molecule has 1 amide bonds. The lowest BCUT2D eigenvalue weighted by Gasteiger charge is -2.18. The minimum Gasteiger partial charge on any atom is -0.353 e. The van der Waals surface area contributed by atoms with Crippen molar-refractivity contribution in [3.63, 3.8) is 0 Å². The van der Waals surface area contributed by atoms with Crippen LogP contribution >= 0.6 is 0 Å². The lowest BCUT2D eigenvalue weighted by Crippen LogP contribution is -2.45. The van der Waals surface area contributed by atoms with Crippen LogP contribution in [0.4, 0.5) is 0 Å². The quantitative estimate of drug-likeness (QED) is 0.701. The first-order chi connectivity index (χ1) is 7.00. The van der Waals surface area contributed by atoms with Gasteiger partial charge in [-0.2, -0.15) is 0 Å². The molecule has 0 saturated heterocycles. The second-order valence-corrected chi connectivity index (χ2v) is 5.11. The van der Waals surface area contributed by atoms with E-state index in [0.29, 0.717) is 5.92 Å². The minimum atomic E-state index is -0.0754. The zero-order valence-electron chi connectivity index (χ0n) is 10.3. The molecule has 0 spiro atoms. The van der Waals surface area contributed by atoms with Crippen LogP contribution in [-0.4, -0.2) is 24.5 Å². The Labute approximate surface area is 93.0 Å². The van der Waals surface area contributed by atoms with E-state index in [1.807, 2.05) is 20.8 Å². The van der Waals surface area contributed by atoms with Gasteiger partial charge in [-0.3, -0.25) is 4.79 Å². The Bertz CT molecular complexity index is 212. The Hall–Kier alpha value is -0.570. The van der Waals surface area contributed by atoms with Crippen molar-refractivity contribution < 1.29 is 4.79 Å². The summed E-state index contributed by atoms with van der Waals surface area (Å²) in [5, 5.41) is 6.21. The van der Waals surface area contributed by atoms with E-state index in [1.54, 1.807) is 0 Å². The molecule has 3 heteroatoms. The summed E-state index contributed by atoms with van der Waals surface area (Å²) in [6.07, 6.45) is 2.74. The van der Waals surface area contributed by atoms with Gasteiger partial charge in [0.05, 0.1) is 6.04 Å². The second kappa shape index (κ2) is 5.50. The Kier molecular flexibility index (Phi) is 4.58. The Balaban J connectivity index is 2.16. The predicted molar refractivity (Wildman–Crippen MR) is 62.6 cm³/mol.